The molecule has 0 N–H and O–H groups in total. The highest BCUT2D eigenvalue weighted by Crippen LogP contribution is 2.04. The maximum atomic E-state index is 2.53. The standard InChI is InChI=1S/C10H25NSi/c1-3-5-6-7-8-9-10-11(12)4-2/h3-10H2,1-2,12H3. The van der Waals surface area contributed by atoms with Gasteiger partial charge in [-0.3, -0.25) is 0 Å². The van der Waals surface area contributed by atoms with Crippen LogP contribution in [-0.2, 0) is 0 Å². The van der Waals surface area contributed by atoms with E-state index in [1.54, 1.807) is 0 Å². The zero-order chi connectivity index (χ0) is 9.23. The van der Waals surface area contributed by atoms with E-state index in [9.17, 15) is 0 Å². The van der Waals surface area contributed by atoms with Gasteiger partial charge < -0.3 is 4.57 Å². The Morgan fingerprint density at radius 3 is 2.08 bits per heavy atom. The minimum Gasteiger partial charge on any atom is -0.332 e. The smallest absolute Gasteiger partial charge is 0.0784 e. The van der Waals surface area contributed by atoms with Gasteiger partial charge in [0.15, 0.2) is 0 Å². The number of hydrogen-bond donors (Lipinski definition) is 0. The third-order valence-corrected chi connectivity index (χ3v) is 3.51. The Hall–Kier alpha value is 0.177. The SMILES string of the molecule is CCCCCCCCN([SiH3])CC. The monoisotopic (exact) mass is 187 g/mol. The molecule has 0 aromatic rings. The molecule has 1 nitrogen and oxygen atoms in total. The third kappa shape index (κ3) is 8.28. The molecule has 0 aromatic heterocycles. The van der Waals surface area contributed by atoms with E-state index in [2.05, 4.69) is 18.4 Å². The van der Waals surface area contributed by atoms with Gasteiger partial charge in [-0.05, 0) is 19.5 Å². The molecule has 12 heavy (non-hydrogen) atoms. The van der Waals surface area contributed by atoms with Crippen molar-refractivity contribution >= 4 is 10.4 Å². The molecule has 0 atom stereocenters. The fraction of sp³-hybridized carbons (Fsp3) is 1.00. The van der Waals surface area contributed by atoms with Crippen LogP contribution in [0.25, 0.3) is 0 Å². The second-order valence-electron chi connectivity index (χ2n) is 3.66. The van der Waals surface area contributed by atoms with Gasteiger partial charge in [0.1, 0.15) is 0 Å². The van der Waals surface area contributed by atoms with E-state index in [0.29, 0.717) is 0 Å². The lowest BCUT2D eigenvalue weighted by Crippen LogP contribution is -2.20. The van der Waals surface area contributed by atoms with Gasteiger partial charge in [0, 0.05) is 0 Å². The zero-order valence-corrected chi connectivity index (χ0v) is 11.1. The van der Waals surface area contributed by atoms with Gasteiger partial charge in [-0.15, -0.1) is 0 Å². The summed E-state index contributed by atoms with van der Waals surface area (Å²) in [6, 6.07) is 0. The summed E-state index contributed by atoms with van der Waals surface area (Å²) >= 11 is 0. The minimum absolute atomic E-state index is 1.24. The fourth-order valence-electron chi connectivity index (χ4n) is 1.32. The molecule has 0 fully saturated rings. The zero-order valence-electron chi connectivity index (χ0n) is 9.10. The van der Waals surface area contributed by atoms with Gasteiger partial charge in [0.25, 0.3) is 0 Å². The molecule has 0 unspecified atom stereocenters. The van der Waals surface area contributed by atoms with Crippen LogP contribution in [0.2, 0.25) is 0 Å². The lowest BCUT2D eigenvalue weighted by atomic mass is 10.1. The molecule has 0 heterocycles. The average Bonchev–Trinajstić information content (AvgIpc) is 2.10. The van der Waals surface area contributed by atoms with Gasteiger partial charge >= 0.3 is 0 Å². The van der Waals surface area contributed by atoms with Crippen molar-refractivity contribution in [3.8, 4) is 0 Å². The van der Waals surface area contributed by atoms with Crippen LogP contribution >= 0.6 is 0 Å². The Kier molecular flexibility index (Phi) is 9.40. The molecule has 0 spiro atoms. The van der Waals surface area contributed by atoms with E-state index in [0.717, 1.165) is 0 Å². The largest absolute Gasteiger partial charge is 0.332 e. The van der Waals surface area contributed by atoms with E-state index in [1.165, 1.54) is 62.0 Å². The van der Waals surface area contributed by atoms with Crippen molar-refractivity contribution in [2.24, 2.45) is 0 Å². The van der Waals surface area contributed by atoms with Crippen molar-refractivity contribution in [3.63, 3.8) is 0 Å². The summed E-state index contributed by atoms with van der Waals surface area (Å²) in [7, 11) is 1.24. The van der Waals surface area contributed by atoms with Gasteiger partial charge in [-0.1, -0.05) is 46.0 Å². The Labute approximate surface area is 81.0 Å². The maximum Gasteiger partial charge on any atom is 0.0784 e. The Morgan fingerprint density at radius 2 is 1.50 bits per heavy atom. The summed E-state index contributed by atoms with van der Waals surface area (Å²) in [5, 5.41) is 0. The highest BCUT2D eigenvalue weighted by atomic mass is 28.2. The van der Waals surface area contributed by atoms with Crippen LogP contribution < -0.4 is 0 Å². The quantitative estimate of drug-likeness (QED) is 0.415. The van der Waals surface area contributed by atoms with Gasteiger partial charge in [0.2, 0.25) is 0 Å². The van der Waals surface area contributed by atoms with Crippen LogP contribution in [0.15, 0.2) is 0 Å². The summed E-state index contributed by atoms with van der Waals surface area (Å²) in [6.45, 7) is 7.12. The van der Waals surface area contributed by atoms with Crippen LogP contribution in [0.3, 0.4) is 0 Å². The van der Waals surface area contributed by atoms with Crippen molar-refractivity contribution in [2.75, 3.05) is 13.1 Å². The predicted octanol–water partition coefficient (Wildman–Crippen LogP) is 1.95. The lowest BCUT2D eigenvalue weighted by Gasteiger charge is -2.13. The molecule has 0 aromatic carbocycles. The molecule has 0 amide bonds. The molecular weight excluding hydrogens is 162 g/mol. The van der Waals surface area contributed by atoms with Gasteiger partial charge in [-0.2, -0.15) is 0 Å². The normalized spacial score (nSPS) is 11.2. The van der Waals surface area contributed by atoms with Gasteiger partial charge in [-0.25, -0.2) is 0 Å². The number of nitrogens with zero attached hydrogens (tertiary/aromatic N) is 1. The maximum absolute atomic E-state index is 2.53. The molecule has 2 heteroatoms. The number of unbranched alkanes of at least 4 members (excludes halogenated alkanes) is 5. The molecule has 0 radical (unpaired) electrons. The second kappa shape index (κ2) is 9.27. The molecule has 0 rings (SSSR count). The third-order valence-electron chi connectivity index (χ3n) is 2.43. The molecule has 0 aliphatic heterocycles. The summed E-state index contributed by atoms with van der Waals surface area (Å²) in [5.74, 6) is 0. The van der Waals surface area contributed by atoms with Crippen molar-refractivity contribution < 1.29 is 0 Å². The van der Waals surface area contributed by atoms with Crippen LogP contribution in [0.1, 0.15) is 52.4 Å². The highest BCUT2D eigenvalue weighted by Gasteiger charge is 1.93. The van der Waals surface area contributed by atoms with Gasteiger partial charge in [0.05, 0.1) is 10.4 Å². The Morgan fingerprint density at radius 1 is 0.917 bits per heavy atom. The topological polar surface area (TPSA) is 3.24 Å². The van der Waals surface area contributed by atoms with E-state index >= 15 is 0 Å². The molecule has 74 valence electrons. The molecule has 0 aliphatic rings. The predicted molar refractivity (Wildman–Crippen MR) is 60.6 cm³/mol. The lowest BCUT2D eigenvalue weighted by molar-refractivity contribution is 0.448. The van der Waals surface area contributed by atoms with E-state index in [-0.39, 0.29) is 0 Å². The summed E-state index contributed by atoms with van der Waals surface area (Å²) < 4.78 is 2.53. The Bertz CT molecular complexity index is 85.9. The molecular formula is C10H25NSi. The first-order valence-corrected chi connectivity index (χ1v) is 6.39. The van der Waals surface area contributed by atoms with Crippen LogP contribution in [0.5, 0.6) is 0 Å². The first-order chi connectivity index (χ1) is 5.81. The van der Waals surface area contributed by atoms with E-state index in [1.807, 2.05) is 0 Å². The summed E-state index contributed by atoms with van der Waals surface area (Å²) in [5.41, 5.74) is 0. The molecule has 0 saturated heterocycles. The number of hydrogen-bond acceptors (Lipinski definition) is 1. The van der Waals surface area contributed by atoms with E-state index in [4.69, 9.17) is 0 Å². The first kappa shape index (κ1) is 12.2. The average molecular weight is 187 g/mol. The van der Waals surface area contributed by atoms with E-state index < -0.39 is 0 Å². The molecule has 0 aliphatic carbocycles. The number of rotatable bonds is 8. The van der Waals surface area contributed by atoms with Crippen molar-refractivity contribution in [2.45, 2.75) is 52.4 Å². The van der Waals surface area contributed by atoms with Crippen LogP contribution in [0.4, 0.5) is 0 Å². The van der Waals surface area contributed by atoms with Crippen molar-refractivity contribution in [3.05, 3.63) is 0 Å². The summed E-state index contributed by atoms with van der Waals surface area (Å²) in [6.07, 6.45) is 8.55. The molecule has 0 bridgehead atoms. The Balaban J connectivity index is 2.90. The first-order valence-electron chi connectivity index (χ1n) is 5.49. The molecule has 0 saturated carbocycles. The van der Waals surface area contributed by atoms with Crippen molar-refractivity contribution in [1.29, 1.82) is 0 Å². The fourth-order valence-corrected chi connectivity index (χ4v) is 1.64. The van der Waals surface area contributed by atoms with Crippen LogP contribution in [0, 0.1) is 0 Å². The minimum atomic E-state index is 1.24. The summed E-state index contributed by atoms with van der Waals surface area (Å²) in [4.78, 5) is 0. The highest BCUT2D eigenvalue weighted by molar-refractivity contribution is 6.04. The second-order valence-corrected chi connectivity index (χ2v) is 4.93. The van der Waals surface area contributed by atoms with Crippen LogP contribution in [-0.4, -0.2) is 28.1 Å². The van der Waals surface area contributed by atoms with Crippen molar-refractivity contribution in [1.82, 2.24) is 4.57 Å².